The first-order chi connectivity index (χ1) is 9.13. The Morgan fingerprint density at radius 3 is 2.21 bits per heavy atom. The van der Waals surface area contributed by atoms with Crippen LogP contribution in [0.25, 0.3) is 0 Å². The molecule has 0 amide bonds. The molecule has 1 heterocycles. The fraction of sp³-hybridized carbons (Fsp3) is 1.00. The van der Waals surface area contributed by atoms with E-state index in [0.29, 0.717) is 0 Å². The van der Waals surface area contributed by atoms with E-state index in [2.05, 4.69) is 16.5 Å². The zero-order chi connectivity index (χ0) is 13.7. The van der Waals surface area contributed by atoms with E-state index < -0.39 is 10.0 Å². The Balaban J connectivity index is 1.95. The van der Waals surface area contributed by atoms with Crippen LogP contribution in [0.1, 0.15) is 64.7 Å². The molecule has 0 aromatic carbocycles. The third kappa shape index (κ3) is 4.17. The zero-order valence-electron chi connectivity index (χ0n) is 12.1. The van der Waals surface area contributed by atoms with Crippen LogP contribution in [0, 0.1) is 0 Å². The highest BCUT2D eigenvalue weighted by Gasteiger charge is 2.31. The minimum absolute atomic E-state index is 0.00669. The van der Waals surface area contributed by atoms with Crippen molar-refractivity contribution in [1.29, 1.82) is 0 Å². The second-order valence-electron chi connectivity index (χ2n) is 5.94. The summed E-state index contributed by atoms with van der Waals surface area (Å²) in [6.45, 7) is 4.14. The van der Waals surface area contributed by atoms with Gasteiger partial charge in [-0.25, -0.2) is 8.42 Å². The van der Waals surface area contributed by atoms with Crippen molar-refractivity contribution in [3.05, 3.63) is 0 Å². The average Bonchev–Trinajstić information content (AvgIpc) is 2.47. The Morgan fingerprint density at radius 1 is 1.05 bits per heavy atom. The second kappa shape index (κ2) is 7.04. The molecule has 2 aliphatic rings. The summed E-state index contributed by atoms with van der Waals surface area (Å²) in [6, 6.07) is 0. The van der Waals surface area contributed by atoms with Crippen molar-refractivity contribution < 1.29 is 8.42 Å². The molecular weight excluding hydrogens is 260 g/mol. The molecule has 112 valence electrons. The minimum atomic E-state index is -3.14. The fourth-order valence-corrected chi connectivity index (χ4v) is 5.15. The van der Waals surface area contributed by atoms with Crippen LogP contribution in [0.2, 0.25) is 0 Å². The van der Waals surface area contributed by atoms with Crippen LogP contribution in [-0.4, -0.2) is 37.8 Å². The highest BCUT2D eigenvalue weighted by Crippen LogP contribution is 2.24. The molecule has 2 rings (SSSR count). The van der Waals surface area contributed by atoms with Gasteiger partial charge in [-0.3, -0.25) is 4.90 Å². The maximum absolute atomic E-state index is 12.5. The van der Waals surface area contributed by atoms with Gasteiger partial charge in [-0.15, -0.1) is 0 Å². The van der Waals surface area contributed by atoms with Crippen LogP contribution in [0.4, 0.5) is 0 Å². The van der Waals surface area contributed by atoms with E-state index in [1.807, 2.05) is 0 Å². The van der Waals surface area contributed by atoms with Gasteiger partial charge in [0.2, 0.25) is 10.0 Å². The molecule has 1 saturated carbocycles. The maximum Gasteiger partial charge on any atom is 0.215 e. The lowest BCUT2D eigenvalue weighted by molar-refractivity contribution is 0.150. The van der Waals surface area contributed by atoms with Gasteiger partial charge < -0.3 is 0 Å². The lowest BCUT2D eigenvalue weighted by Crippen LogP contribution is -2.52. The summed E-state index contributed by atoms with van der Waals surface area (Å²) in [6.07, 6.45) is 9.52. The van der Waals surface area contributed by atoms with Gasteiger partial charge in [-0.1, -0.05) is 32.6 Å². The number of likely N-dealkylation sites (tertiary alicyclic amines) is 1. The van der Waals surface area contributed by atoms with E-state index in [0.717, 1.165) is 45.2 Å². The van der Waals surface area contributed by atoms with Gasteiger partial charge in [0.1, 0.15) is 0 Å². The predicted molar refractivity (Wildman–Crippen MR) is 78.4 cm³/mol. The maximum atomic E-state index is 12.5. The standard InChI is InChI=1S/C14H28N2O2S/c1-2-14(16-11-7-4-8-12-16)15-19(17,18)13-9-5-3-6-10-13/h13-15H,2-12H2,1H3. The highest BCUT2D eigenvalue weighted by atomic mass is 32.2. The summed E-state index contributed by atoms with van der Waals surface area (Å²) in [7, 11) is -3.14. The van der Waals surface area contributed by atoms with Crippen molar-refractivity contribution in [3.8, 4) is 0 Å². The number of nitrogens with zero attached hydrogens (tertiary/aromatic N) is 1. The van der Waals surface area contributed by atoms with Crippen LogP contribution in [0.3, 0.4) is 0 Å². The van der Waals surface area contributed by atoms with E-state index in [4.69, 9.17) is 0 Å². The number of nitrogens with one attached hydrogen (secondary N) is 1. The Morgan fingerprint density at radius 2 is 1.63 bits per heavy atom. The van der Waals surface area contributed by atoms with E-state index in [1.54, 1.807) is 0 Å². The molecule has 2 fully saturated rings. The van der Waals surface area contributed by atoms with Crippen LogP contribution >= 0.6 is 0 Å². The third-order valence-electron chi connectivity index (χ3n) is 4.51. The third-order valence-corrected chi connectivity index (χ3v) is 6.46. The largest absolute Gasteiger partial charge is 0.287 e. The monoisotopic (exact) mass is 288 g/mol. The summed E-state index contributed by atoms with van der Waals surface area (Å²) < 4.78 is 27.9. The molecule has 4 nitrogen and oxygen atoms in total. The highest BCUT2D eigenvalue weighted by molar-refractivity contribution is 7.90. The molecule has 0 aromatic rings. The summed E-state index contributed by atoms with van der Waals surface area (Å²) >= 11 is 0. The minimum Gasteiger partial charge on any atom is -0.287 e. The van der Waals surface area contributed by atoms with E-state index in [1.165, 1.54) is 25.7 Å². The van der Waals surface area contributed by atoms with Gasteiger partial charge in [0, 0.05) is 0 Å². The van der Waals surface area contributed by atoms with Crippen molar-refractivity contribution in [2.75, 3.05) is 13.1 Å². The van der Waals surface area contributed by atoms with Gasteiger partial charge in [0.05, 0.1) is 11.4 Å². The molecule has 19 heavy (non-hydrogen) atoms. The molecule has 1 atom stereocenters. The normalized spacial score (nSPS) is 25.3. The first kappa shape index (κ1) is 15.3. The number of hydrogen-bond acceptors (Lipinski definition) is 3. The van der Waals surface area contributed by atoms with Crippen molar-refractivity contribution in [3.63, 3.8) is 0 Å². The van der Waals surface area contributed by atoms with Gasteiger partial charge in [0.25, 0.3) is 0 Å². The molecule has 0 radical (unpaired) electrons. The molecule has 0 aromatic heterocycles. The molecule has 0 bridgehead atoms. The number of rotatable bonds is 5. The van der Waals surface area contributed by atoms with Crippen LogP contribution in [0.15, 0.2) is 0 Å². The molecule has 1 aliphatic carbocycles. The summed E-state index contributed by atoms with van der Waals surface area (Å²) in [5.41, 5.74) is 0. The van der Waals surface area contributed by atoms with Crippen LogP contribution < -0.4 is 4.72 Å². The van der Waals surface area contributed by atoms with Gasteiger partial charge in [0.15, 0.2) is 0 Å². The van der Waals surface area contributed by atoms with E-state index in [9.17, 15) is 8.42 Å². The zero-order valence-corrected chi connectivity index (χ0v) is 12.9. The molecule has 5 heteroatoms. The Hall–Kier alpha value is -0.130. The Labute approximate surface area is 118 Å². The molecule has 0 spiro atoms. The van der Waals surface area contributed by atoms with E-state index >= 15 is 0 Å². The molecular formula is C14H28N2O2S. The molecule has 1 aliphatic heterocycles. The lowest BCUT2D eigenvalue weighted by atomic mass is 10.0. The Kier molecular flexibility index (Phi) is 5.66. The fourth-order valence-electron chi connectivity index (χ4n) is 3.31. The predicted octanol–water partition coefficient (Wildman–Crippen LogP) is 2.46. The van der Waals surface area contributed by atoms with Gasteiger partial charge in [-0.2, -0.15) is 4.72 Å². The Bertz CT molecular complexity index is 358. The lowest BCUT2D eigenvalue weighted by Gasteiger charge is -2.35. The molecule has 1 unspecified atom stereocenters. The molecule has 1 saturated heterocycles. The first-order valence-electron chi connectivity index (χ1n) is 7.88. The van der Waals surface area contributed by atoms with Crippen LogP contribution in [0.5, 0.6) is 0 Å². The summed E-state index contributed by atoms with van der Waals surface area (Å²) in [5.74, 6) is 0. The SMILES string of the molecule is CCC(NS(=O)(=O)C1CCCCC1)N1CCCCC1. The van der Waals surface area contributed by atoms with Gasteiger partial charge in [-0.05, 0) is 45.2 Å². The topological polar surface area (TPSA) is 49.4 Å². The second-order valence-corrected chi connectivity index (χ2v) is 7.94. The summed E-state index contributed by atoms with van der Waals surface area (Å²) in [4.78, 5) is 2.31. The van der Waals surface area contributed by atoms with Crippen molar-refractivity contribution in [1.82, 2.24) is 9.62 Å². The smallest absolute Gasteiger partial charge is 0.215 e. The molecule has 1 N–H and O–H groups in total. The van der Waals surface area contributed by atoms with Crippen molar-refractivity contribution >= 4 is 10.0 Å². The van der Waals surface area contributed by atoms with Crippen molar-refractivity contribution in [2.24, 2.45) is 0 Å². The average molecular weight is 288 g/mol. The van der Waals surface area contributed by atoms with Crippen molar-refractivity contribution in [2.45, 2.75) is 76.1 Å². The first-order valence-corrected chi connectivity index (χ1v) is 9.43. The number of hydrogen-bond donors (Lipinski definition) is 1. The number of sulfonamides is 1. The van der Waals surface area contributed by atoms with E-state index in [-0.39, 0.29) is 11.4 Å². The van der Waals surface area contributed by atoms with Gasteiger partial charge >= 0.3 is 0 Å². The summed E-state index contributed by atoms with van der Waals surface area (Å²) in [5, 5.41) is -0.153. The number of piperidine rings is 1. The quantitative estimate of drug-likeness (QED) is 0.845. The van der Waals surface area contributed by atoms with Crippen LogP contribution in [-0.2, 0) is 10.0 Å².